The first kappa shape index (κ1) is 17.2. The molecular weight excluding hydrogens is 334 g/mol. The van der Waals surface area contributed by atoms with Crippen LogP contribution in [0.15, 0.2) is 58.4 Å². The van der Waals surface area contributed by atoms with Gasteiger partial charge in [-0.1, -0.05) is 48.2 Å². The number of carbonyl (C=O) groups excluding carboxylic acids is 1. The van der Waals surface area contributed by atoms with Gasteiger partial charge in [0.15, 0.2) is 5.03 Å². The van der Waals surface area contributed by atoms with Crippen LogP contribution in [0, 0.1) is 6.92 Å². The molecule has 5 nitrogen and oxygen atoms in total. The van der Waals surface area contributed by atoms with E-state index >= 15 is 0 Å². The van der Waals surface area contributed by atoms with E-state index in [2.05, 4.69) is 10.3 Å². The lowest BCUT2D eigenvalue weighted by Crippen LogP contribution is -2.26. The van der Waals surface area contributed by atoms with Gasteiger partial charge in [-0.3, -0.25) is 9.59 Å². The second-order valence-electron chi connectivity index (χ2n) is 5.76. The standard InChI is InChI=1S/C19H19N3O2S/c1-13-7-3-4-8-14(13)11-20-17(23)12-25-18-19(24)22(2)16-10-6-5-9-15(16)21-18/h3-10H,11-12H2,1-2H3,(H,20,23). The number of para-hydroxylation sites is 2. The molecule has 3 rings (SSSR count). The van der Waals surface area contributed by atoms with E-state index < -0.39 is 0 Å². The van der Waals surface area contributed by atoms with Crippen molar-refractivity contribution >= 4 is 28.7 Å². The molecule has 0 saturated carbocycles. The third kappa shape index (κ3) is 3.91. The second kappa shape index (κ2) is 7.53. The van der Waals surface area contributed by atoms with Gasteiger partial charge in [-0.25, -0.2) is 4.98 Å². The zero-order valence-corrected chi connectivity index (χ0v) is 15.0. The van der Waals surface area contributed by atoms with E-state index in [1.807, 2.05) is 55.5 Å². The van der Waals surface area contributed by atoms with Crippen LogP contribution in [-0.4, -0.2) is 21.2 Å². The van der Waals surface area contributed by atoms with Gasteiger partial charge < -0.3 is 9.88 Å². The minimum Gasteiger partial charge on any atom is -0.351 e. The van der Waals surface area contributed by atoms with Crippen molar-refractivity contribution in [2.24, 2.45) is 7.05 Å². The summed E-state index contributed by atoms with van der Waals surface area (Å²) >= 11 is 1.17. The van der Waals surface area contributed by atoms with Crippen molar-refractivity contribution in [2.75, 3.05) is 5.75 Å². The number of carbonyl (C=O) groups is 1. The third-order valence-corrected chi connectivity index (χ3v) is 4.98. The number of hydrogen-bond acceptors (Lipinski definition) is 4. The molecule has 3 aromatic rings. The van der Waals surface area contributed by atoms with Crippen LogP contribution in [0.5, 0.6) is 0 Å². The first-order valence-corrected chi connectivity index (χ1v) is 8.94. The molecule has 0 aliphatic rings. The number of amides is 1. The van der Waals surface area contributed by atoms with Gasteiger partial charge in [0.2, 0.25) is 5.91 Å². The molecule has 6 heteroatoms. The summed E-state index contributed by atoms with van der Waals surface area (Å²) in [4.78, 5) is 28.8. The van der Waals surface area contributed by atoms with Gasteiger partial charge in [-0.15, -0.1) is 0 Å². The quantitative estimate of drug-likeness (QED) is 0.716. The normalized spacial score (nSPS) is 10.8. The highest BCUT2D eigenvalue weighted by Crippen LogP contribution is 2.15. The predicted molar refractivity (Wildman–Crippen MR) is 101 cm³/mol. The van der Waals surface area contributed by atoms with Crippen LogP contribution in [0.2, 0.25) is 0 Å². The first-order valence-electron chi connectivity index (χ1n) is 7.96. The summed E-state index contributed by atoms with van der Waals surface area (Å²) in [6, 6.07) is 15.4. The molecule has 1 aromatic heterocycles. The van der Waals surface area contributed by atoms with E-state index in [1.165, 1.54) is 11.8 Å². The maximum atomic E-state index is 12.4. The van der Waals surface area contributed by atoms with Crippen LogP contribution in [0.25, 0.3) is 11.0 Å². The van der Waals surface area contributed by atoms with Crippen LogP contribution in [0.1, 0.15) is 11.1 Å². The lowest BCUT2D eigenvalue weighted by molar-refractivity contribution is -0.118. The molecule has 1 amide bonds. The molecule has 0 radical (unpaired) electrons. The molecule has 128 valence electrons. The fourth-order valence-electron chi connectivity index (χ4n) is 2.53. The van der Waals surface area contributed by atoms with Crippen molar-refractivity contribution in [3.05, 3.63) is 70.0 Å². The highest BCUT2D eigenvalue weighted by Gasteiger charge is 2.11. The predicted octanol–water partition coefficient (Wildman–Crippen LogP) is 2.65. The Kier molecular flexibility index (Phi) is 5.19. The molecule has 0 bridgehead atoms. The van der Waals surface area contributed by atoms with Crippen LogP contribution in [0.3, 0.4) is 0 Å². The fraction of sp³-hybridized carbons (Fsp3) is 0.211. The summed E-state index contributed by atoms with van der Waals surface area (Å²) in [5, 5.41) is 3.22. The molecule has 2 aromatic carbocycles. The monoisotopic (exact) mass is 353 g/mol. The van der Waals surface area contributed by atoms with E-state index in [0.717, 1.165) is 22.2 Å². The van der Waals surface area contributed by atoms with Gasteiger partial charge in [0.1, 0.15) is 0 Å². The third-order valence-electron chi connectivity index (χ3n) is 4.03. The molecule has 25 heavy (non-hydrogen) atoms. The fourth-order valence-corrected chi connectivity index (χ4v) is 3.33. The highest BCUT2D eigenvalue weighted by molar-refractivity contribution is 7.99. The largest absolute Gasteiger partial charge is 0.351 e. The maximum absolute atomic E-state index is 12.4. The summed E-state index contributed by atoms with van der Waals surface area (Å²) < 4.78 is 1.57. The zero-order valence-electron chi connectivity index (χ0n) is 14.2. The van der Waals surface area contributed by atoms with E-state index in [1.54, 1.807) is 11.6 Å². The number of thioether (sulfide) groups is 1. The average molecular weight is 353 g/mol. The van der Waals surface area contributed by atoms with E-state index in [4.69, 9.17) is 0 Å². The van der Waals surface area contributed by atoms with Gasteiger partial charge in [-0.05, 0) is 30.2 Å². The van der Waals surface area contributed by atoms with Crippen molar-refractivity contribution in [3.63, 3.8) is 0 Å². The number of nitrogens with zero attached hydrogens (tertiary/aromatic N) is 2. The van der Waals surface area contributed by atoms with Gasteiger partial charge >= 0.3 is 0 Å². The molecule has 0 saturated heterocycles. The molecular formula is C19H19N3O2S. The smallest absolute Gasteiger partial charge is 0.283 e. The Bertz CT molecular complexity index is 982. The molecule has 0 fully saturated rings. The number of aromatic nitrogens is 2. The van der Waals surface area contributed by atoms with Gasteiger partial charge in [0.25, 0.3) is 5.56 Å². The number of nitrogens with one attached hydrogen (secondary N) is 1. The van der Waals surface area contributed by atoms with Gasteiger partial charge in [-0.2, -0.15) is 0 Å². The summed E-state index contributed by atoms with van der Waals surface area (Å²) in [5.74, 6) is 0.0391. The van der Waals surface area contributed by atoms with Crippen LogP contribution in [0.4, 0.5) is 0 Å². The van der Waals surface area contributed by atoms with E-state index in [0.29, 0.717) is 11.6 Å². The van der Waals surface area contributed by atoms with Crippen LogP contribution < -0.4 is 10.9 Å². The van der Waals surface area contributed by atoms with Crippen LogP contribution in [-0.2, 0) is 18.4 Å². The van der Waals surface area contributed by atoms with E-state index in [-0.39, 0.29) is 17.2 Å². The Balaban J connectivity index is 1.66. The Morgan fingerprint density at radius 3 is 2.68 bits per heavy atom. The lowest BCUT2D eigenvalue weighted by atomic mass is 10.1. The number of hydrogen-bond donors (Lipinski definition) is 1. The number of benzene rings is 2. The number of rotatable bonds is 5. The van der Waals surface area contributed by atoms with Crippen molar-refractivity contribution < 1.29 is 4.79 Å². The summed E-state index contributed by atoms with van der Waals surface area (Å²) in [5.41, 5.74) is 3.56. The topological polar surface area (TPSA) is 64.0 Å². The minimum absolute atomic E-state index is 0.120. The molecule has 0 unspecified atom stereocenters. The van der Waals surface area contributed by atoms with E-state index in [9.17, 15) is 9.59 Å². The van der Waals surface area contributed by atoms with Crippen molar-refractivity contribution in [2.45, 2.75) is 18.5 Å². The van der Waals surface area contributed by atoms with Crippen LogP contribution >= 0.6 is 11.8 Å². The number of fused-ring (bicyclic) bond motifs is 1. The Hall–Kier alpha value is -2.60. The first-order chi connectivity index (χ1) is 12.1. The van der Waals surface area contributed by atoms with Gasteiger partial charge in [0, 0.05) is 13.6 Å². The zero-order chi connectivity index (χ0) is 17.8. The Morgan fingerprint density at radius 1 is 1.16 bits per heavy atom. The molecule has 1 N–H and O–H groups in total. The van der Waals surface area contributed by atoms with Crippen molar-refractivity contribution in [3.8, 4) is 0 Å². The summed E-state index contributed by atoms with van der Waals surface area (Å²) in [6.45, 7) is 2.49. The summed E-state index contributed by atoms with van der Waals surface area (Å²) in [7, 11) is 1.72. The highest BCUT2D eigenvalue weighted by atomic mass is 32.2. The summed E-state index contributed by atoms with van der Waals surface area (Å²) in [6.07, 6.45) is 0. The van der Waals surface area contributed by atoms with Gasteiger partial charge in [0.05, 0.1) is 16.8 Å². The maximum Gasteiger partial charge on any atom is 0.283 e. The molecule has 0 aliphatic heterocycles. The average Bonchev–Trinajstić information content (AvgIpc) is 2.63. The number of aryl methyl sites for hydroxylation is 2. The Morgan fingerprint density at radius 2 is 1.88 bits per heavy atom. The minimum atomic E-state index is -0.185. The SMILES string of the molecule is Cc1ccccc1CNC(=O)CSc1nc2ccccc2n(C)c1=O. The molecule has 1 heterocycles. The van der Waals surface area contributed by atoms with Crippen molar-refractivity contribution in [1.29, 1.82) is 0 Å². The second-order valence-corrected chi connectivity index (χ2v) is 6.73. The Labute approximate surface area is 150 Å². The molecule has 0 atom stereocenters. The lowest BCUT2D eigenvalue weighted by Gasteiger charge is -2.09. The van der Waals surface area contributed by atoms with Crippen molar-refractivity contribution in [1.82, 2.24) is 14.9 Å². The molecule has 0 spiro atoms. The molecule has 0 aliphatic carbocycles.